The Kier molecular flexibility index (Phi) is 3.41. The number of nitrogens with one attached hydrogen (secondary N) is 1. The van der Waals surface area contributed by atoms with Gasteiger partial charge in [-0.3, -0.25) is 4.79 Å². The van der Waals surface area contributed by atoms with E-state index in [0.29, 0.717) is 5.92 Å². The molecule has 2 nitrogen and oxygen atoms in total. The van der Waals surface area contributed by atoms with Crippen LogP contribution in [0.3, 0.4) is 0 Å². The average molecular weight is 239 g/mol. The van der Waals surface area contributed by atoms with E-state index in [1.54, 1.807) is 0 Å². The lowest BCUT2D eigenvalue weighted by atomic mass is 10.1. The van der Waals surface area contributed by atoms with Gasteiger partial charge in [0.15, 0.2) is 0 Å². The molecule has 0 aromatic heterocycles. The van der Waals surface area contributed by atoms with Crippen LogP contribution in [0.2, 0.25) is 0 Å². The first kappa shape index (κ1) is 12.0. The maximum Gasteiger partial charge on any atom is 0.254 e. The number of amides is 1. The molecule has 92 valence electrons. The molecule has 0 bridgehead atoms. The quantitative estimate of drug-likeness (QED) is 0.844. The van der Waals surface area contributed by atoms with Crippen molar-refractivity contribution < 1.29 is 13.6 Å². The zero-order valence-electron chi connectivity index (χ0n) is 9.67. The van der Waals surface area contributed by atoms with Gasteiger partial charge < -0.3 is 5.32 Å². The summed E-state index contributed by atoms with van der Waals surface area (Å²) in [4.78, 5) is 11.8. The second-order valence-corrected chi connectivity index (χ2v) is 4.71. The molecule has 1 aromatic rings. The number of benzene rings is 1. The zero-order valence-corrected chi connectivity index (χ0v) is 9.67. The summed E-state index contributed by atoms with van der Waals surface area (Å²) in [7, 11) is 0. The van der Waals surface area contributed by atoms with Crippen molar-refractivity contribution in [1.82, 2.24) is 5.32 Å². The fraction of sp³-hybridized carbons (Fsp3) is 0.462. The van der Waals surface area contributed by atoms with E-state index >= 15 is 0 Å². The molecule has 17 heavy (non-hydrogen) atoms. The van der Waals surface area contributed by atoms with Crippen LogP contribution in [-0.2, 0) is 0 Å². The molecule has 2 unspecified atom stereocenters. The van der Waals surface area contributed by atoms with Gasteiger partial charge in [-0.05, 0) is 43.4 Å². The van der Waals surface area contributed by atoms with Crippen LogP contribution in [0.1, 0.15) is 36.5 Å². The summed E-state index contributed by atoms with van der Waals surface area (Å²) in [6.07, 6.45) is 2.88. The highest BCUT2D eigenvalue weighted by Crippen LogP contribution is 2.25. The third-order valence-corrected chi connectivity index (χ3v) is 3.20. The number of halogens is 2. The summed E-state index contributed by atoms with van der Waals surface area (Å²) < 4.78 is 26.3. The summed E-state index contributed by atoms with van der Waals surface area (Å²) in [6, 6.07) is 2.99. The normalized spacial score (nSPS) is 23.7. The molecule has 0 heterocycles. The molecule has 1 aliphatic rings. The fourth-order valence-corrected chi connectivity index (χ4v) is 2.27. The van der Waals surface area contributed by atoms with Crippen molar-refractivity contribution in [3.8, 4) is 0 Å². The Labute approximate surface area is 99.0 Å². The van der Waals surface area contributed by atoms with E-state index in [1.165, 1.54) is 0 Å². The molecule has 0 aliphatic heterocycles. The fourth-order valence-electron chi connectivity index (χ4n) is 2.27. The summed E-state index contributed by atoms with van der Waals surface area (Å²) in [5.41, 5.74) is -0.218. The van der Waals surface area contributed by atoms with Crippen LogP contribution in [0.25, 0.3) is 0 Å². The van der Waals surface area contributed by atoms with Crippen LogP contribution in [0.5, 0.6) is 0 Å². The predicted molar refractivity (Wildman–Crippen MR) is 60.6 cm³/mol. The van der Waals surface area contributed by atoms with Gasteiger partial charge in [0.25, 0.3) is 5.91 Å². The topological polar surface area (TPSA) is 29.1 Å². The summed E-state index contributed by atoms with van der Waals surface area (Å²) in [5, 5.41) is 2.75. The third-order valence-electron chi connectivity index (χ3n) is 3.20. The van der Waals surface area contributed by atoms with Crippen LogP contribution in [-0.4, -0.2) is 11.9 Å². The Morgan fingerprint density at radius 3 is 2.76 bits per heavy atom. The monoisotopic (exact) mass is 239 g/mol. The lowest BCUT2D eigenvalue weighted by Gasteiger charge is -2.12. The Morgan fingerprint density at radius 1 is 1.35 bits per heavy atom. The molecule has 4 heteroatoms. The minimum atomic E-state index is -0.685. The molecule has 0 radical (unpaired) electrons. The highest BCUT2D eigenvalue weighted by Gasteiger charge is 2.24. The van der Waals surface area contributed by atoms with Crippen molar-refractivity contribution >= 4 is 5.91 Å². The van der Waals surface area contributed by atoms with E-state index in [-0.39, 0.29) is 11.6 Å². The van der Waals surface area contributed by atoms with Crippen LogP contribution < -0.4 is 5.32 Å². The first-order valence-corrected chi connectivity index (χ1v) is 5.82. The molecule has 2 rings (SSSR count). The molecule has 2 atom stereocenters. The van der Waals surface area contributed by atoms with Crippen molar-refractivity contribution in [3.63, 3.8) is 0 Å². The molecular weight excluding hydrogens is 224 g/mol. The largest absolute Gasteiger partial charge is 0.349 e. The van der Waals surface area contributed by atoms with Gasteiger partial charge in [-0.2, -0.15) is 0 Å². The molecule has 1 fully saturated rings. The number of hydrogen-bond acceptors (Lipinski definition) is 1. The molecular formula is C13H15F2NO. The maximum atomic E-state index is 13.3. The van der Waals surface area contributed by atoms with Gasteiger partial charge in [0.05, 0.1) is 5.56 Å². The Morgan fingerprint density at radius 2 is 2.12 bits per heavy atom. The van der Waals surface area contributed by atoms with E-state index in [9.17, 15) is 13.6 Å². The van der Waals surface area contributed by atoms with Crippen LogP contribution in [0, 0.1) is 17.6 Å². The number of hydrogen-bond donors (Lipinski definition) is 1. The van der Waals surface area contributed by atoms with Crippen molar-refractivity contribution in [2.24, 2.45) is 5.92 Å². The second-order valence-electron chi connectivity index (χ2n) is 4.71. The molecule has 1 aliphatic carbocycles. The third kappa shape index (κ3) is 2.81. The lowest BCUT2D eigenvalue weighted by molar-refractivity contribution is 0.0932. The minimum absolute atomic E-state index is 0.0835. The minimum Gasteiger partial charge on any atom is -0.349 e. The zero-order chi connectivity index (χ0) is 12.4. The van der Waals surface area contributed by atoms with Gasteiger partial charge >= 0.3 is 0 Å². The van der Waals surface area contributed by atoms with Crippen LogP contribution in [0.4, 0.5) is 8.78 Å². The molecule has 0 spiro atoms. The van der Waals surface area contributed by atoms with Crippen molar-refractivity contribution in [2.75, 3.05) is 0 Å². The van der Waals surface area contributed by atoms with Crippen molar-refractivity contribution in [3.05, 3.63) is 35.4 Å². The number of carbonyl (C=O) groups excluding carboxylic acids is 1. The smallest absolute Gasteiger partial charge is 0.254 e. The Hall–Kier alpha value is -1.45. The first-order chi connectivity index (χ1) is 8.06. The first-order valence-electron chi connectivity index (χ1n) is 5.82. The van der Waals surface area contributed by atoms with Gasteiger partial charge in [0.2, 0.25) is 0 Å². The molecule has 0 saturated heterocycles. The summed E-state index contributed by atoms with van der Waals surface area (Å²) in [6.45, 7) is 2.12. The van der Waals surface area contributed by atoms with Crippen LogP contribution >= 0.6 is 0 Å². The molecule has 1 saturated carbocycles. The Bertz CT molecular complexity index is 433. The van der Waals surface area contributed by atoms with Gasteiger partial charge in [0, 0.05) is 6.04 Å². The highest BCUT2D eigenvalue weighted by molar-refractivity contribution is 5.94. The predicted octanol–water partition coefficient (Wildman–Crippen LogP) is 2.88. The second kappa shape index (κ2) is 4.82. The maximum absolute atomic E-state index is 13.3. The number of carbonyl (C=O) groups is 1. The van der Waals surface area contributed by atoms with Crippen LogP contribution in [0.15, 0.2) is 18.2 Å². The average Bonchev–Trinajstić information content (AvgIpc) is 2.67. The van der Waals surface area contributed by atoms with E-state index in [0.717, 1.165) is 37.5 Å². The van der Waals surface area contributed by atoms with Gasteiger partial charge in [-0.1, -0.05) is 6.92 Å². The Balaban J connectivity index is 2.06. The van der Waals surface area contributed by atoms with Gasteiger partial charge in [0.1, 0.15) is 11.6 Å². The number of rotatable bonds is 2. The van der Waals surface area contributed by atoms with Gasteiger partial charge in [-0.15, -0.1) is 0 Å². The van der Waals surface area contributed by atoms with Gasteiger partial charge in [-0.25, -0.2) is 8.78 Å². The van der Waals surface area contributed by atoms with Crippen molar-refractivity contribution in [2.45, 2.75) is 32.2 Å². The standard InChI is InChI=1S/C13H15F2NO/c1-8-2-4-10(6-8)16-13(17)11-7-9(14)3-5-12(11)15/h3,5,7-8,10H,2,4,6H2,1H3,(H,16,17). The SMILES string of the molecule is CC1CCC(NC(=O)c2cc(F)ccc2F)C1. The van der Waals surface area contributed by atoms with E-state index in [4.69, 9.17) is 0 Å². The van der Waals surface area contributed by atoms with E-state index in [1.807, 2.05) is 0 Å². The molecule has 1 N–H and O–H groups in total. The summed E-state index contributed by atoms with van der Waals surface area (Å²) in [5.74, 6) is -1.23. The summed E-state index contributed by atoms with van der Waals surface area (Å²) >= 11 is 0. The lowest BCUT2D eigenvalue weighted by Crippen LogP contribution is -2.33. The molecule has 1 aromatic carbocycles. The highest BCUT2D eigenvalue weighted by atomic mass is 19.1. The van der Waals surface area contributed by atoms with E-state index in [2.05, 4.69) is 12.2 Å². The van der Waals surface area contributed by atoms with Crippen molar-refractivity contribution in [1.29, 1.82) is 0 Å². The van der Waals surface area contributed by atoms with E-state index < -0.39 is 17.5 Å². The molecule has 1 amide bonds.